The third-order valence-electron chi connectivity index (χ3n) is 3.58. The monoisotopic (exact) mass is 379 g/mol. The van der Waals surface area contributed by atoms with Gasteiger partial charge in [0.15, 0.2) is 0 Å². The number of methoxy groups -OCH3 is 1. The highest BCUT2D eigenvalue weighted by Crippen LogP contribution is 2.27. The average Bonchev–Trinajstić information content (AvgIpc) is 2.61. The van der Waals surface area contributed by atoms with Crippen molar-refractivity contribution in [1.29, 1.82) is 0 Å². The highest BCUT2D eigenvalue weighted by molar-refractivity contribution is 6.34. The number of esters is 1. The van der Waals surface area contributed by atoms with Crippen molar-refractivity contribution in [1.82, 2.24) is 0 Å². The van der Waals surface area contributed by atoms with Crippen molar-refractivity contribution in [2.45, 2.75) is 26.4 Å². The zero-order valence-corrected chi connectivity index (χ0v) is 15.8. The number of aliphatic imine (C=N–C) groups is 1. The first kappa shape index (κ1) is 19.3. The molecule has 4 nitrogen and oxygen atoms in total. The van der Waals surface area contributed by atoms with Crippen molar-refractivity contribution in [3.05, 3.63) is 57.6 Å². The Morgan fingerprint density at radius 3 is 2.56 bits per heavy atom. The van der Waals surface area contributed by atoms with Crippen molar-refractivity contribution in [3.63, 3.8) is 0 Å². The van der Waals surface area contributed by atoms with E-state index in [1.165, 1.54) is 7.11 Å². The molecule has 0 aliphatic rings. The summed E-state index contributed by atoms with van der Waals surface area (Å²) in [4.78, 5) is 15.9. The lowest BCUT2D eigenvalue weighted by Crippen LogP contribution is -2.09. The molecule has 132 valence electrons. The fourth-order valence-corrected chi connectivity index (χ4v) is 2.49. The van der Waals surface area contributed by atoms with Crippen molar-refractivity contribution in [3.8, 4) is 5.75 Å². The molecule has 0 heterocycles. The normalized spacial score (nSPS) is 12.2. The van der Waals surface area contributed by atoms with Gasteiger partial charge in [-0.3, -0.25) is 4.99 Å². The van der Waals surface area contributed by atoms with Gasteiger partial charge in [-0.05, 0) is 55.3 Å². The largest absolute Gasteiger partial charge is 0.489 e. The number of nitrogens with zero attached hydrogens (tertiary/aromatic N) is 1. The Morgan fingerprint density at radius 1 is 1.20 bits per heavy atom. The smallest absolute Gasteiger partial charge is 0.339 e. The number of hydrogen-bond acceptors (Lipinski definition) is 4. The molecule has 1 atom stereocenters. The molecule has 2 rings (SSSR count). The van der Waals surface area contributed by atoms with E-state index in [2.05, 4.69) is 16.7 Å². The molecule has 0 saturated carbocycles. The van der Waals surface area contributed by atoms with Gasteiger partial charge in [-0.1, -0.05) is 30.1 Å². The predicted molar refractivity (Wildman–Crippen MR) is 102 cm³/mol. The molecule has 2 aromatic carbocycles. The van der Waals surface area contributed by atoms with E-state index in [0.29, 0.717) is 22.0 Å². The Kier molecular flexibility index (Phi) is 6.85. The minimum atomic E-state index is -0.482. The maximum absolute atomic E-state index is 11.5. The lowest BCUT2D eigenvalue weighted by Gasteiger charge is -2.13. The molecule has 0 unspecified atom stereocenters. The summed E-state index contributed by atoms with van der Waals surface area (Å²) in [5, 5.41) is 0.820. The van der Waals surface area contributed by atoms with Crippen molar-refractivity contribution in [2.75, 3.05) is 7.11 Å². The minimum absolute atomic E-state index is 0.104. The van der Waals surface area contributed by atoms with Gasteiger partial charge in [-0.2, -0.15) is 0 Å². The molecule has 0 aromatic heterocycles. The summed E-state index contributed by atoms with van der Waals surface area (Å²) in [6.45, 7) is 4.05. The van der Waals surface area contributed by atoms with Gasteiger partial charge in [0, 0.05) is 6.21 Å². The first-order valence-electron chi connectivity index (χ1n) is 7.82. The minimum Gasteiger partial charge on any atom is -0.489 e. The number of hydrogen-bond donors (Lipinski definition) is 0. The number of benzene rings is 2. The quantitative estimate of drug-likeness (QED) is 0.477. The van der Waals surface area contributed by atoms with Crippen molar-refractivity contribution >= 4 is 41.1 Å². The van der Waals surface area contributed by atoms with Crippen LogP contribution in [0.1, 0.15) is 36.2 Å². The first-order valence-corrected chi connectivity index (χ1v) is 8.58. The first-order chi connectivity index (χ1) is 11.9. The van der Waals surface area contributed by atoms with Gasteiger partial charge in [-0.25, -0.2) is 4.79 Å². The lowest BCUT2D eigenvalue weighted by atomic mass is 10.2. The summed E-state index contributed by atoms with van der Waals surface area (Å²) >= 11 is 12.3. The van der Waals surface area contributed by atoms with Crippen molar-refractivity contribution < 1.29 is 14.3 Å². The fraction of sp³-hybridized carbons (Fsp3) is 0.263. The van der Waals surface area contributed by atoms with E-state index in [9.17, 15) is 4.79 Å². The molecule has 0 radical (unpaired) electrons. The zero-order valence-electron chi connectivity index (χ0n) is 14.3. The molecule has 0 aliphatic heterocycles. The third kappa shape index (κ3) is 5.21. The fourth-order valence-electron chi connectivity index (χ4n) is 2.00. The SMILES string of the molecule is CC[C@H](C)Oc1ccc(C=Nc2ccc(C(=O)OC)c(Cl)c2)cc1Cl. The molecule has 0 aliphatic carbocycles. The average molecular weight is 380 g/mol. The van der Waals surface area contributed by atoms with Crippen LogP contribution in [0.3, 0.4) is 0 Å². The Morgan fingerprint density at radius 2 is 1.96 bits per heavy atom. The van der Waals surface area contributed by atoms with Gasteiger partial charge in [0.25, 0.3) is 0 Å². The van der Waals surface area contributed by atoms with Crippen LogP contribution < -0.4 is 4.74 Å². The number of halogens is 2. The van der Waals surface area contributed by atoms with Crippen LogP contribution in [0, 0.1) is 0 Å². The second-order valence-electron chi connectivity index (χ2n) is 5.44. The van der Waals surface area contributed by atoms with Crippen LogP contribution in [0.4, 0.5) is 5.69 Å². The molecular formula is C19H19Cl2NO3. The maximum Gasteiger partial charge on any atom is 0.339 e. The zero-order chi connectivity index (χ0) is 18.4. The molecule has 0 spiro atoms. The van der Waals surface area contributed by atoms with Crippen LogP contribution in [0.5, 0.6) is 5.75 Å². The summed E-state index contributed by atoms with van der Waals surface area (Å²) in [7, 11) is 1.31. The van der Waals surface area contributed by atoms with Crippen LogP contribution in [-0.2, 0) is 4.74 Å². The molecule has 0 amide bonds. The second-order valence-corrected chi connectivity index (χ2v) is 6.25. The van der Waals surface area contributed by atoms with E-state index < -0.39 is 5.97 Å². The highest BCUT2D eigenvalue weighted by Gasteiger charge is 2.10. The molecule has 2 aromatic rings. The molecule has 0 N–H and O–H groups in total. The molecule has 6 heteroatoms. The summed E-state index contributed by atoms with van der Waals surface area (Å²) in [6, 6.07) is 10.4. The summed E-state index contributed by atoms with van der Waals surface area (Å²) in [5.41, 5.74) is 1.75. The van der Waals surface area contributed by atoms with E-state index in [-0.39, 0.29) is 11.1 Å². The van der Waals surface area contributed by atoms with Crippen LogP contribution in [0.25, 0.3) is 0 Å². The maximum atomic E-state index is 11.5. The van der Waals surface area contributed by atoms with E-state index in [0.717, 1.165) is 12.0 Å². The molecular weight excluding hydrogens is 361 g/mol. The van der Waals surface area contributed by atoms with E-state index >= 15 is 0 Å². The Labute approximate surface area is 157 Å². The number of carbonyl (C=O) groups is 1. The standard InChI is InChI=1S/C19H19Cl2NO3/c1-4-12(2)25-18-8-5-13(9-17(18)21)11-22-14-6-7-15(16(20)10-14)19(23)24-3/h5-12H,4H2,1-3H3/t12-/m0/s1. The number of carbonyl (C=O) groups excluding carboxylic acids is 1. The van der Waals surface area contributed by atoms with E-state index in [1.807, 2.05) is 19.1 Å². The van der Waals surface area contributed by atoms with Crippen LogP contribution >= 0.6 is 23.2 Å². The highest BCUT2D eigenvalue weighted by atomic mass is 35.5. The lowest BCUT2D eigenvalue weighted by molar-refractivity contribution is 0.0601. The van der Waals surface area contributed by atoms with E-state index in [4.69, 9.17) is 27.9 Å². The van der Waals surface area contributed by atoms with Gasteiger partial charge in [0.1, 0.15) is 5.75 Å². The van der Waals surface area contributed by atoms with Crippen LogP contribution in [-0.4, -0.2) is 25.4 Å². The van der Waals surface area contributed by atoms with Crippen LogP contribution in [0.2, 0.25) is 10.0 Å². The number of rotatable bonds is 6. The molecule has 25 heavy (non-hydrogen) atoms. The Bertz CT molecular complexity index is 790. The van der Waals surface area contributed by atoms with Gasteiger partial charge in [-0.15, -0.1) is 0 Å². The predicted octanol–water partition coefficient (Wildman–Crippen LogP) is 5.71. The van der Waals surface area contributed by atoms with Gasteiger partial charge in [0.05, 0.1) is 34.5 Å². The Hall–Kier alpha value is -2.04. The second kappa shape index (κ2) is 8.88. The summed E-state index contributed by atoms with van der Waals surface area (Å²) in [5.74, 6) is 0.169. The van der Waals surface area contributed by atoms with Crippen molar-refractivity contribution in [2.24, 2.45) is 4.99 Å². The molecule has 0 saturated heterocycles. The molecule has 0 fully saturated rings. The topological polar surface area (TPSA) is 47.9 Å². The Balaban J connectivity index is 2.15. The molecule has 0 bridgehead atoms. The van der Waals surface area contributed by atoms with Crippen LogP contribution in [0.15, 0.2) is 41.4 Å². The van der Waals surface area contributed by atoms with E-state index in [1.54, 1.807) is 30.5 Å². The van der Waals surface area contributed by atoms with Gasteiger partial charge in [0.2, 0.25) is 0 Å². The van der Waals surface area contributed by atoms with Gasteiger partial charge < -0.3 is 9.47 Å². The summed E-state index contributed by atoms with van der Waals surface area (Å²) in [6.07, 6.45) is 2.68. The summed E-state index contributed by atoms with van der Waals surface area (Å²) < 4.78 is 10.4. The number of ether oxygens (including phenoxy) is 2. The van der Waals surface area contributed by atoms with Gasteiger partial charge >= 0.3 is 5.97 Å². The third-order valence-corrected chi connectivity index (χ3v) is 4.19.